The average molecular weight is 266 g/mol. The lowest BCUT2D eigenvalue weighted by Gasteiger charge is -2.13. The molecule has 0 amide bonds. The van der Waals surface area contributed by atoms with E-state index < -0.39 is 11.9 Å². The molecule has 0 radical (unpaired) electrons. The van der Waals surface area contributed by atoms with Gasteiger partial charge in [0.15, 0.2) is 0 Å². The number of nitrogens with zero attached hydrogens (tertiary/aromatic N) is 1. The second-order valence-corrected chi connectivity index (χ2v) is 4.51. The maximum absolute atomic E-state index is 13.3. The fourth-order valence-electron chi connectivity index (χ4n) is 1.80. The summed E-state index contributed by atoms with van der Waals surface area (Å²) in [6.07, 6.45) is 1.12. The molecule has 2 aromatic rings. The normalized spacial score (nSPS) is 12.4. The Morgan fingerprint density at radius 3 is 2.83 bits per heavy atom. The van der Waals surface area contributed by atoms with Gasteiger partial charge in [-0.2, -0.15) is 0 Å². The second-order valence-electron chi connectivity index (χ2n) is 4.13. The first-order chi connectivity index (χ1) is 8.59. The van der Waals surface area contributed by atoms with Gasteiger partial charge in [-0.25, -0.2) is 4.39 Å². The third-order valence-corrected chi connectivity index (χ3v) is 3.24. The molecule has 94 valence electrons. The fourth-order valence-corrected chi connectivity index (χ4v) is 2.05. The van der Waals surface area contributed by atoms with Gasteiger partial charge in [-0.15, -0.1) is 0 Å². The largest absolute Gasteiger partial charge is 0.388 e. The lowest BCUT2D eigenvalue weighted by Crippen LogP contribution is -2.06. The maximum Gasteiger partial charge on any atom is 0.142 e. The average Bonchev–Trinajstić information content (AvgIpc) is 2.35. The van der Waals surface area contributed by atoms with Crippen molar-refractivity contribution >= 4 is 11.6 Å². The van der Waals surface area contributed by atoms with Crippen molar-refractivity contribution in [2.24, 2.45) is 0 Å². The zero-order valence-electron chi connectivity index (χ0n) is 9.90. The summed E-state index contributed by atoms with van der Waals surface area (Å²) < 4.78 is 13.3. The third kappa shape index (κ3) is 2.68. The molecule has 0 saturated carbocycles. The van der Waals surface area contributed by atoms with Crippen LogP contribution in [-0.4, -0.2) is 10.1 Å². The van der Waals surface area contributed by atoms with E-state index in [4.69, 9.17) is 11.6 Å². The van der Waals surface area contributed by atoms with Crippen molar-refractivity contribution in [2.45, 2.75) is 19.4 Å². The number of hydrogen-bond acceptors (Lipinski definition) is 2. The molecule has 1 atom stereocenters. The van der Waals surface area contributed by atoms with Gasteiger partial charge in [0.1, 0.15) is 5.82 Å². The number of aryl methyl sites for hydroxylation is 1. The highest BCUT2D eigenvalue weighted by molar-refractivity contribution is 6.31. The second kappa shape index (κ2) is 5.46. The molecule has 1 heterocycles. The summed E-state index contributed by atoms with van der Waals surface area (Å²) in [6.45, 7) is 1.92. The number of rotatable bonds is 3. The minimum Gasteiger partial charge on any atom is -0.388 e. The summed E-state index contributed by atoms with van der Waals surface area (Å²) in [5, 5.41) is 10.1. The molecular weight excluding hydrogens is 253 g/mol. The van der Waals surface area contributed by atoms with E-state index in [9.17, 15) is 9.50 Å². The van der Waals surface area contributed by atoms with E-state index in [1.807, 2.05) is 19.1 Å². The molecule has 18 heavy (non-hydrogen) atoms. The minimum atomic E-state index is -0.859. The number of halogens is 2. The van der Waals surface area contributed by atoms with Crippen LogP contribution in [0.3, 0.4) is 0 Å². The number of aliphatic hydroxyl groups is 1. The summed E-state index contributed by atoms with van der Waals surface area (Å²) in [5.41, 5.74) is 2.16. The Balaban J connectivity index is 2.25. The number of hydrogen-bond donors (Lipinski definition) is 1. The Labute approximate surface area is 110 Å². The topological polar surface area (TPSA) is 33.1 Å². The van der Waals surface area contributed by atoms with E-state index >= 15 is 0 Å². The molecule has 1 aromatic heterocycles. The summed E-state index contributed by atoms with van der Waals surface area (Å²) in [4.78, 5) is 4.20. The van der Waals surface area contributed by atoms with Gasteiger partial charge in [0.05, 0.1) is 11.1 Å². The van der Waals surface area contributed by atoms with Gasteiger partial charge >= 0.3 is 0 Å². The lowest BCUT2D eigenvalue weighted by atomic mass is 10.0. The summed E-state index contributed by atoms with van der Waals surface area (Å²) in [6, 6.07) is 8.17. The zero-order valence-corrected chi connectivity index (χ0v) is 10.7. The van der Waals surface area contributed by atoms with Gasteiger partial charge in [0.25, 0.3) is 0 Å². The van der Waals surface area contributed by atoms with Crippen LogP contribution in [0.4, 0.5) is 4.39 Å². The molecular formula is C14H13ClFNO. The van der Waals surface area contributed by atoms with E-state index in [0.717, 1.165) is 11.3 Å². The summed E-state index contributed by atoms with van der Waals surface area (Å²) >= 11 is 5.84. The van der Waals surface area contributed by atoms with Gasteiger partial charge in [-0.3, -0.25) is 4.98 Å². The molecule has 0 fully saturated rings. The standard InChI is InChI=1S/C14H13ClFNO/c1-9-4-3-7-17-12(9)8-13(18)10-5-2-6-11(16)14(10)15/h2-7,13,18H,8H2,1H3. The number of aliphatic hydroxyl groups excluding tert-OH is 1. The summed E-state index contributed by atoms with van der Waals surface area (Å²) in [7, 11) is 0. The lowest BCUT2D eigenvalue weighted by molar-refractivity contribution is 0.176. The molecule has 2 nitrogen and oxygen atoms in total. The van der Waals surface area contributed by atoms with E-state index in [1.165, 1.54) is 12.1 Å². The first kappa shape index (κ1) is 13.0. The Kier molecular flexibility index (Phi) is 3.94. The predicted octanol–water partition coefficient (Wildman–Crippen LogP) is 3.46. The molecule has 0 saturated heterocycles. The highest BCUT2D eigenvalue weighted by Crippen LogP contribution is 2.27. The Morgan fingerprint density at radius 1 is 1.33 bits per heavy atom. The van der Waals surface area contributed by atoms with Crippen LogP contribution >= 0.6 is 11.6 Å². The molecule has 0 aliphatic heterocycles. The van der Waals surface area contributed by atoms with E-state index in [1.54, 1.807) is 12.3 Å². The van der Waals surface area contributed by atoms with Crippen LogP contribution in [0.5, 0.6) is 0 Å². The maximum atomic E-state index is 13.3. The Hall–Kier alpha value is -1.45. The molecule has 0 aliphatic rings. The van der Waals surface area contributed by atoms with E-state index in [-0.39, 0.29) is 5.02 Å². The monoisotopic (exact) mass is 265 g/mol. The van der Waals surface area contributed by atoms with Crippen LogP contribution in [0.15, 0.2) is 36.5 Å². The molecule has 1 aromatic carbocycles. The SMILES string of the molecule is Cc1cccnc1CC(O)c1cccc(F)c1Cl. The smallest absolute Gasteiger partial charge is 0.142 e. The molecule has 4 heteroatoms. The van der Waals surface area contributed by atoms with Crippen LogP contribution in [0.2, 0.25) is 5.02 Å². The van der Waals surface area contributed by atoms with Crippen molar-refractivity contribution in [1.29, 1.82) is 0 Å². The van der Waals surface area contributed by atoms with Crippen LogP contribution < -0.4 is 0 Å². The van der Waals surface area contributed by atoms with Crippen LogP contribution in [0, 0.1) is 12.7 Å². The van der Waals surface area contributed by atoms with Crippen molar-refractivity contribution in [1.82, 2.24) is 4.98 Å². The van der Waals surface area contributed by atoms with Crippen LogP contribution in [0.25, 0.3) is 0 Å². The van der Waals surface area contributed by atoms with Crippen molar-refractivity contribution in [3.63, 3.8) is 0 Å². The predicted molar refractivity (Wildman–Crippen MR) is 69.0 cm³/mol. The zero-order chi connectivity index (χ0) is 13.1. The van der Waals surface area contributed by atoms with Gasteiger partial charge in [-0.1, -0.05) is 29.8 Å². The van der Waals surface area contributed by atoms with Gasteiger partial charge < -0.3 is 5.11 Å². The number of pyridine rings is 1. The Bertz CT molecular complexity index is 559. The third-order valence-electron chi connectivity index (χ3n) is 2.85. The number of benzene rings is 1. The molecule has 1 unspecified atom stereocenters. The first-order valence-electron chi connectivity index (χ1n) is 5.62. The van der Waals surface area contributed by atoms with E-state index in [2.05, 4.69) is 4.98 Å². The fraction of sp³-hybridized carbons (Fsp3) is 0.214. The van der Waals surface area contributed by atoms with Gasteiger partial charge in [-0.05, 0) is 24.6 Å². The highest BCUT2D eigenvalue weighted by atomic mass is 35.5. The molecule has 2 rings (SSSR count). The summed E-state index contributed by atoms with van der Waals surface area (Å²) in [5.74, 6) is -0.522. The highest BCUT2D eigenvalue weighted by Gasteiger charge is 2.16. The van der Waals surface area contributed by atoms with E-state index in [0.29, 0.717) is 12.0 Å². The molecule has 0 bridgehead atoms. The quantitative estimate of drug-likeness (QED) is 0.922. The Morgan fingerprint density at radius 2 is 2.11 bits per heavy atom. The molecule has 1 N–H and O–H groups in total. The van der Waals surface area contributed by atoms with Crippen LogP contribution in [-0.2, 0) is 6.42 Å². The number of aromatic nitrogens is 1. The molecule has 0 spiro atoms. The van der Waals surface area contributed by atoms with Gasteiger partial charge in [0, 0.05) is 23.9 Å². The van der Waals surface area contributed by atoms with Crippen molar-refractivity contribution in [3.05, 3.63) is 64.2 Å². The van der Waals surface area contributed by atoms with Gasteiger partial charge in [0.2, 0.25) is 0 Å². The van der Waals surface area contributed by atoms with Crippen molar-refractivity contribution in [3.8, 4) is 0 Å². The molecule has 0 aliphatic carbocycles. The minimum absolute atomic E-state index is 0.0291. The van der Waals surface area contributed by atoms with Crippen molar-refractivity contribution in [2.75, 3.05) is 0 Å². The first-order valence-corrected chi connectivity index (χ1v) is 6.00. The van der Waals surface area contributed by atoms with Crippen molar-refractivity contribution < 1.29 is 9.50 Å². The van der Waals surface area contributed by atoms with Crippen LogP contribution in [0.1, 0.15) is 22.9 Å².